The predicted molar refractivity (Wildman–Crippen MR) is 113 cm³/mol. The van der Waals surface area contributed by atoms with E-state index in [1.807, 2.05) is 37.3 Å². The summed E-state index contributed by atoms with van der Waals surface area (Å²) in [6, 6.07) is 9.93. The zero-order valence-electron chi connectivity index (χ0n) is 16.5. The van der Waals surface area contributed by atoms with Gasteiger partial charge in [0.25, 0.3) is 0 Å². The van der Waals surface area contributed by atoms with Crippen LogP contribution in [0.3, 0.4) is 0 Å². The Kier molecular flexibility index (Phi) is 6.81. The van der Waals surface area contributed by atoms with E-state index < -0.39 is 0 Å². The molecule has 0 aliphatic heterocycles. The highest BCUT2D eigenvalue weighted by Crippen LogP contribution is 2.25. The highest BCUT2D eigenvalue weighted by atomic mass is 32.2. The highest BCUT2D eigenvalue weighted by molar-refractivity contribution is 7.99. The van der Waals surface area contributed by atoms with E-state index in [0.717, 1.165) is 52.7 Å². The first kappa shape index (κ1) is 20.1. The first-order chi connectivity index (χ1) is 13.6. The van der Waals surface area contributed by atoms with Crippen LogP contribution in [0.1, 0.15) is 31.4 Å². The number of nitrogens with zero attached hydrogens (tertiary/aromatic N) is 4. The Hall–Kier alpha value is -2.67. The van der Waals surface area contributed by atoms with Gasteiger partial charge in [-0.25, -0.2) is 0 Å². The Morgan fingerprint density at radius 1 is 1.18 bits per heavy atom. The van der Waals surface area contributed by atoms with E-state index in [9.17, 15) is 4.79 Å². The molecule has 2 aromatic heterocycles. The third-order valence-electron chi connectivity index (χ3n) is 4.42. The van der Waals surface area contributed by atoms with Crippen LogP contribution in [0.25, 0.3) is 11.4 Å². The van der Waals surface area contributed by atoms with Gasteiger partial charge >= 0.3 is 0 Å². The molecule has 2 heterocycles. The van der Waals surface area contributed by atoms with Crippen LogP contribution in [0.4, 0.5) is 5.69 Å². The van der Waals surface area contributed by atoms with Gasteiger partial charge in [-0.05, 0) is 43.0 Å². The van der Waals surface area contributed by atoms with Gasteiger partial charge < -0.3 is 9.88 Å². The summed E-state index contributed by atoms with van der Waals surface area (Å²) in [7, 11) is 0. The van der Waals surface area contributed by atoms with E-state index in [1.165, 1.54) is 11.8 Å². The lowest BCUT2D eigenvalue weighted by atomic mass is 10.1. The van der Waals surface area contributed by atoms with Crippen molar-refractivity contribution in [1.82, 2.24) is 19.7 Å². The van der Waals surface area contributed by atoms with Crippen molar-refractivity contribution in [2.45, 2.75) is 45.3 Å². The second-order valence-electron chi connectivity index (χ2n) is 6.50. The number of aromatic nitrogens is 4. The summed E-state index contributed by atoms with van der Waals surface area (Å²) in [6.45, 7) is 7.00. The van der Waals surface area contributed by atoms with Gasteiger partial charge in [0, 0.05) is 30.2 Å². The van der Waals surface area contributed by atoms with Crippen molar-refractivity contribution >= 4 is 23.4 Å². The van der Waals surface area contributed by atoms with Crippen LogP contribution in [-0.2, 0) is 17.8 Å². The number of hydrogen-bond acceptors (Lipinski definition) is 5. The maximum Gasteiger partial charge on any atom is 0.234 e. The molecule has 0 unspecified atom stereocenters. The third-order valence-corrected chi connectivity index (χ3v) is 5.39. The number of nitrogens with one attached hydrogen (secondary N) is 1. The van der Waals surface area contributed by atoms with Crippen LogP contribution in [0.5, 0.6) is 0 Å². The Labute approximate surface area is 169 Å². The van der Waals surface area contributed by atoms with E-state index in [2.05, 4.69) is 38.9 Å². The lowest BCUT2D eigenvalue weighted by Crippen LogP contribution is -2.16. The van der Waals surface area contributed by atoms with Gasteiger partial charge in [0.1, 0.15) is 0 Å². The number of thioether (sulfide) groups is 1. The number of hydrogen-bond donors (Lipinski definition) is 1. The fourth-order valence-electron chi connectivity index (χ4n) is 3.04. The van der Waals surface area contributed by atoms with Gasteiger partial charge in [-0.1, -0.05) is 43.8 Å². The van der Waals surface area contributed by atoms with Crippen LogP contribution in [0, 0.1) is 6.92 Å². The number of rotatable bonds is 8. The second kappa shape index (κ2) is 9.50. The number of aryl methyl sites for hydroxylation is 2. The molecule has 0 atom stereocenters. The quantitative estimate of drug-likeness (QED) is 0.574. The number of para-hydroxylation sites is 1. The predicted octanol–water partition coefficient (Wildman–Crippen LogP) is 4.35. The lowest BCUT2D eigenvalue weighted by Gasteiger charge is -2.13. The van der Waals surface area contributed by atoms with Gasteiger partial charge in [0.2, 0.25) is 5.91 Å². The normalized spacial score (nSPS) is 10.8. The fourth-order valence-corrected chi connectivity index (χ4v) is 3.80. The minimum Gasteiger partial charge on any atom is -0.325 e. The zero-order chi connectivity index (χ0) is 19.9. The summed E-state index contributed by atoms with van der Waals surface area (Å²) < 4.78 is 2.06. The molecule has 3 aromatic rings. The molecule has 0 radical (unpaired) electrons. The number of benzene rings is 1. The van der Waals surface area contributed by atoms with Crippen molar-refractivity contribution in [3.8, 4) is 11.4 Å². The Bertz CT molecular complexity index is 939. The van der Waals surface area contributed by atoms with Crippen LogP contribution in [0.15, 0.2) is 47.9 Å². The number of pyridine rings is 1. The minimum absolute atomic E-state index is 0.0389. The molecule has 0 aliphatic carbocycles. The maximum absolute atomic E-state index is 12.6. The summed E-state index contributed by atoms with van der Waals surface area (Å²) in [4.78, 5) is 16.7. The van der Waals surface area contributed by atoms with Crippen molar-refractivity contribution in [2.24, 2.45) is 0 Å². The number of carbonyl (C=O) groups excluding carboxylic acids is 1. The molecule has 0 aliphatic rings. The first-order valence-electron chi connectivity index (χ1n) is 9.48. The molecule has 6 nitrogen and oxygen atoms in total. The molecule has 146 valence electrons. The molecule has 1 N–H and O–H groups in total. The third kappa shape index (κ3) is 4.59. The Balaban J connectivity index is 1.73. The molecule has 0 bridgehead atoms. The summed E-state index contributed by atoms with van der Waals surface area (Å²) in [5.41, 5.74) is 4.06. The summed E-state index contributed by atoms with van der Waals surface area (Å²) in [5.74, 6) is 1.03. The molecular weight excluding hydrogens is 370 g/mol. The van der Waals surface area contributed by atoms with Crippen LogP contribution in [-0.4, -0.2) is 31.4 Å². The second-order valence-corrected chi connectivity index (χ2v) is 7.44. The van der Waals surface area contributed by atoms with Crippen LogP contribution < -0.4 is 5.32 Å². The van der Waals surface area contributed by atoms with Crippen LogP contribution >= 0.6 is 11.8 Å². The first-order valence-corrected chi connectivity index (χ1v) is 10.5. The monoisotopic (exact) mass is 395 g/mol. The maximum atomic E-state index is 12.6. The Morgan fingerprint density at radius 3 is 2.75 bits per heavy atom. The van der Waals surface area contributed by atoms with E-state index >= 15 is 0 Å². The van der Waals surface area contributed by atoms with Gasteiger partial charge in [-0.15, -0.1) is 10.2 Å². The molecule has 1 aromatic carbocycles. The number of carbonyl (C=O) groups is 1. The minimum atomic E-state index is -0.0389. The molecule has 28 heavy (non-hydrogen) atoms. The molecule has 0 saturated carbocycles. The fraction of sp³-hybridized carbons (Fsp3) is 0.333. The number of amides is 1. The van der Waals surface area contributed by atoms with Gasteiger partial charge in [-0.3, -0.25) is 9.78 Å². The molecule has 7 heteroatoms. The topological polar surface area (TPSA) is 72.7 Å². The smallest absolute Gasteiger partial charge is 0.234 e. The lowest BCUT2D eigenvalue weighted by molar-refractivity contribution is -0.113. The van der Waals surface area contributed by atoms with E-state index in [4.69, 9.17) is 0 Å². The summed E-state index contributed by atoms with van der Waals surface area (Å²) in [5, 5.41) is 12.4. The molecule has 0 spiro atoms. The van der Waals surface area contributed by atoms with Gasteiger partial charge in [-0.2, -0.15) is 0 Å². The number of anilines is 1. The van der Waals surface area contributed by atoms with Crippen molar-refractivity contribution in [2.75, 3.05) is 11.1 Å². The SMILES string of the molecule is CCCn1c(SCC(=O)Nc2c(C)cccc2CC)nnc1-c1cccnc1. The van der Waals surface area contributed by atoms with E-state index in [-0.39, 0.29) is 11.7 Å². The molecule has 0 saturated heterocycles. The molecule has 1 amide bonds. The average molecular weight is 396 g/mol. The molecular formula is C21H25N5OS. The van der Waals surface area contributed by atoms with Gasteiger partial charge in [0.05, 0.1) is 5.75 Å². The molecule has 3 rings (SSSR count). The summed E-state index contributed by atoms with van der Waals surface area (Å²) in [6.07, 6.45) is 5.35. The van der Waals surface area contributed by atoms with Crippen molar-refractivity contribution in [1.29, 1.82) is 0 Å². The molecule has 0 fully saturated rings. The van der Waals surface area contributed by atoms with Crippen molar-refractivity contribution in [3.63, 3.8) is 0 Å². The Morgan fingerprint density at radius 2 is 2.04 bits per heavy atom. The van der Waals surface area contributed by atoms with Crippen molar-refractivity contribution < 1.29 is 4.79 Å². The van der Waals surface area contributed by atoms with Crippen molar-refractivity contribution in [3.05, 3.63) is 53.9 Å². The summed E-state index contributed by atoms with van der Waals surface area (Å²) >= 11 is 1.41. The highest BCUT2D eigenvalue weighted by Gasteiger charge is 2.16. The van der Waals surface area contributed by atoms with Gasteiger partial charge in [0.15, 0.2) is 11.0 Å². The average Bonchev–Trinajstić information content (AvgIpc) is 3.11. The standard InChI is InChI=1S/C21H25N5OS/c1-4-12-26-20(17-10-7-11-22-13-17)24-25-21(26)28-14-18(27)23-19-15(3)8-6-9-16(19)5-2/h6-11,13H,4-5,12,14H2,1-3H3,(H,23,27). The van der Waals surface area contributed by atoms with E-state index in [0.29, 0.717) is 0 Å². The van der Waals surface area contributed by atoms with E-state index in [1.54, 1.807) is 12.4 Å². The largest absolute Gasteiger partial charge is 0.325 e. The van der Waals surface area contributed by atoms with Crippen LogP contribution in [0.2, 0.25) is 0 Å². The zero-order valence-corrected chi connectivity index (χ0v) is 17.3.